The maximum atomic E-state index is 12.7. The van der Waals surface area contributed by atoms with E-state index in [1.54, 1.807) is 0 Å². The summed E-state index contributed by atoms with van der Waals surface area (Å²) >= 11 is 0. The van der Waals surface area contributed by atoms with E-state index in [1.165, 1.54) is 0 Å². The Hall–Kier alpha value is -1.91. The molecule has 128 valence electrons. The second kappa shape index (κ2) is 8.09. The summed E-state index contributed by atoms with van der Waals surface area (Å²) in [6.07, 6.45) is 2.98. The van der Waals surface area contributed by atoms with Gasteiger partial charge in [-0.3, -0.25) is 4.79 Å². The third-order valence-electron chi connectivity index (χ3n) is 4.16. The highest BCUT2D eigenvalue weighted by Gasteiger charge is 2.27. The van der Waals surface area contributed by atoms with Gasteiger partial charge in [0.05, 0.1) is 18.8 Å². The van der Waals surface area contributed by atoms with Crippen LogP contribution >= 0.6 is 0 Å². The number of amides is 1. The van der Waals surface area contributed by atoms with Crippen LogP contribution in [0.2, 0.25) is 0 Å². The smallest absolute Gasteiger partial charge is 0.242 e. The fourth-order valence-corrected chi connectivity index (χ4v) is 2.97. The maximum Gasteiger partial charge on any atom is 0.242 e. The molecular weight excluding hydrogens is 290 g/mol. The molecule has 1 aromatic carbocycles. The van der Waals surface area contributed by atoms with E-state index < -0.39 is 0 Å². The van der Waals surface area contributed by atoms with E-state index in [-0.39, 0.29) is 12.0 Å². The molecule has 1 aromatic rings. The first-order chi connectivity index (χ1) is 11.1. The molecule has 5 nitrogen and oxygen atoms in total. The lowest BCUT2D eigenvalue weighted by atomic mass is 10.1. The van der Waals surface area contributed by atoms with Crippen LogP contribution in [-0.2, 0) is 4.79 Å². The molecular formula is C18H29N3O2. The van der Waals surface area contributed by atoms with Gasteiger partial charge in [0.1, 0.15) is 11.9 Å². The third-order valence-corrected chi connectivity index (χ3v) is 4.16. The molecule has 0 spiro atoms. The Kier molecular flexibility index (Phi) is 6.13. The Morgan fingerprint density at radius 3 is 2.61 bits per heavy atom. The number of nitrogens with two attached hydrogens (primary N) is 1. The minimum atomic E-state index is 0.0999. The first-order valence-electron chi connectivity index (χ1n) is 8.67. The summed E-state index contributed by atoms with van der Waals surface area (Å²) in [7, 11) is 0. The van der Waals surface area contributed by atoms with Crippen molar-refractivity contribution in [2.45, 2.75) is 46.1 Å². The van der Waals surface area contributed by atoms with Gasteiger partial charge < -0.3 is 20.3 Å². The Balaban J connectivity index is 2.16. The van der Waals surface area contributed by atoms with Crippen LogP contribution in [0, 0.1) is 0 Å². The van der Waals surface area contributed by atoms with Crippen molar-refractivity contribution in [1.82, 2.24) is 4.90 Å². The normalized spacial score (nSPS) is 16.7. The van der Waals surface area contributed by atoms with Gasteiger partial charge in [0, 0.05) is 24.8 Å². The number of hydrogen-bond donors (Lipinski definition) is 1. The van der Waals surface area contributed by atoms with Gasteiger partial charge in [-0.1, -0.05) is 20.8 Å². The van der Waals surface area contributed by atoms with Crippen molar-refractivity contribution in [3.63, 3.8) is 0 Å². The summed E-state index contributed by atoms with van der Waals surface area (Å²) in [4.78, 5) is 16.8. The molecule has 1 heterocycles. The number of nitrogen functional groups attached to an aromatic ring is 1. The number of carbonyl (C=O) groups is 1. The molecule has 0 radical (unpaired) electrons. The maximum absolute atomic E-state index is 12.7. The average molecular weight is 319 g/mol. The molecule has 0 saturated carbocycles. The van der Waals surface area contributed by atoms with E-state index >= 15 is 0 Å². The van der Waals surface area contributed by atoms with Gasteiger partial charge in [-0.2, -0.15) is 0 Å². The van der Waals surface area contributed by atoms with Crippen LogP contribution in [-0.4, -0.2) is 43.1 Å². The molecule has 0 aromatic heterocycles. The SMILES string of the molecule is CCCN(CCC)C(=O)CN1CC(CC)Oc2cc(N)ccc21. The van der Waals surface area contributed by atoms with E-state index in [4.69, 9.17) is 10.5 Å². The molecule has 0 saturated heterocycles. The standard InChI is InChI=1S/C18H29N3O2/c1-4-9-20(10-5-2)18(22)13-21-12-15(6-3)23-17-11-14(19)7-8-16(17)21/h7-8,11,15H,4-6,9-10,12-13,19H2,1-3H3. The van der Waals surface area contributed by atoms with Crippen molar-refractivity contribution < 1.29 is 9.53 Å². The summed E-state index contributed by atoms with van der Waals surface area (Å²) in [5.41, 5.74) is 7.52. The topological polar surface area (TPSA) is 58.8 Å². The number of benzene rings is 1. The van der Waals surface area contributed by atoms with Crippen molar-refractivity contribution in [3.05, 3.63) is 18.2 Å². The van der Waals surface area contributed by atoms with E-state index in [0.717, 1.165) is 50.3 Å². The monoisotopic (exact) mass is 319 g/mol. The van der Waals surface area contributed by atoms with Crippen LogP contribution in [0.4, 0.5) is 11.4 Å². The minimum absolute atomic E-state index is 0.0999. The highest BCUT2D eigenvalue weighted by atomic mass is 16.5. The number of carbonyl (C=O) groups excluding carboxylic acids is 1. The van der Waals surface area contributed by atoms with Gasteiger partial charge >= 0.3 is 0 Å². The van der Waals surface area contributed by atoms with E-state index in [0.29, 0.717) is 12.2 Å². The van der Waals surface area contributed by atoms with E-state index in [9.17, 15) is 4.79 Å². The number of nitrogens with zero attached hydrogens (tertiary/aromatic N) is 2. The molecule has 1 aliphatic heterocycles. The summed E-state index contributed by atoms with van der Waals surface area (Å²) in [5.74, 6) is 0.974. The quantitative estimate of drug-likeness (QED) is 0.785. The Morgan fingerprint density at radius 1 is 1.30 bits per heavy atom. The minimum Gasteiger partial charge on any atom is -0.486 e. The van der Waals surface area contributed by atoms with Crippen LogP contribution in [0.3, 0.4) is 0 Å². The molecule has 2 N–H and O–H groups in total. The molecule has 1 atom stereocenters. The van der Waals surface area contributed by atoms with Crippen LogP contribution in [0.25, 0.3) is 0 Å². The van der Waals surface area contributed by atoms with Crippen LogP contribution in [0.5, 0.6) is 5.75 Å². The fraction of sp³-hybridized carbons (Fsp3) is 0.611. The first-order valence-corrected chi connectivity index (χ1v) is 8.67. The molecule has 5 heteroatoms. The highest BCUT2D eigenvalue weighted by Crippen LogP contribution is 2.35. The van der Waals surface area contributed by atoms with Gasteiger partial charge in [-0.25, -0.2) is 0 Å². The molecule has 1 unspecified atom stereocenters. The first kappa shape index (κ1) is 17.4. The Labute approximate surface area is 139 Å². The zero-order valence-corrected chi connectivity index (χ0v) is 14.5. The summed E-state index contributed by atoms with van der Waals surface area (Å²) < 4.78 is 5.98. The largest absolute Gasteiger partial charge is 0.486 e. The van der Waals surface area contributed by atoms with Gasteiger partial charge in [0.2, 0.25) is 5.91 Å². The lowest BCUT2D eigenvalue weighted by molar-refractivity contribution is -0.129. The van der Waals surface area contributed by atoms with E-state index in [1.807, 2.05) is 23.1 Å². The van der Waals surface area contributed by atoms with Gasteiger partial charge in [0.15, 0.2) is 0 Å². The Morgan fingerprint density at radius 2 is 2.00 bits per heavy atom. The number of ether oxygens (including phenoxy) is 1. The van der Waals surface area contributed by atoms with E-state index in [2.05, 4.69) is 25.7 Å². The Bertz CT molecular complexity index is 527. The highest BCUT2D eigenvalue weighted by molar-refractivity contribution is 5.82. The number of fused-ring (bicyclic) bond motifs is 1. The zero-order chi connectivity index (χ0) is 16.8. The summed E-state index contributed by atoms with van der Waals surface area (Å²) in [5, 5.41) is 0. The third kappa shape index (κ3) is 4.30. The van der Waals surface area contributed by atoms with Gasteiger partial charge in [0.25, 0.3) is 0 Å². The second-order valence-corrected chi connectivity index (χ2v) is 6.14. The van der Waals surface area contributed by atoms with Gasteiger partial charge in [-0.05, 0) is 31.4 Å². The predicted molar refractivity (Wildman–Crippen MR) is 94.9 cm³/mol. The fourth-order valence-electron chi connectivity index (χ4n) is 2.97. The number of hydrogen-bond acceptors (Lipinski definition) is 4. The lowest BCUT2D eigenvalue weighted by Gasteiger charge is -2.37. The molecule has 0 bridgehead atoms. The second-order valence-electron chi connectivity index (χ2n) is 6.14. The average Bonchev–Trinajstić information content (AvgIpc) is 2.53. The molecule has 23 heavy (non-hydrogen) atoms. The van der Waals surface area contributed by atoms with Crippen molar-refractivity contribution in [2.24, 2.45) is 0 Å². The van der Waals surface area contributed by atoms with Crippen molar-refractivity contribution in [1.29, 1.82) is 0 Å². The van der Waals surface area contributed by atoms with Crippen LogP contribution < -0.4 is 15.4 Å². The summed E-state index contributed by atoms with van der Waals surface area (Å²) in [6.45, 7) is 9.10. The molecule has 1 aliphatic rings. The zero-order valence-electron chi connectivity index (χ0n) is 14.5. The molecule has 1 amide bonds. The van der Waals surface area contributed by atoms with Crippen LogP contribution in [0.1, 0.15) is 40.0 Å². The van der Waals surface area contributed by atoms with Crippen molar-refractivity contribution in [3.8, 4) is 5.75 Å². The number of rotatable bonds is 7. The van der Waals surface area contributed by atoms with Gasteiger partial charge in [-0.15, -0.1) is 0 Å². The lowest BCUT2D eigenvalue weighted by Crippen LogP contribution is -2.46. The number of anilines is 2. The van der Waals surface area contributed by atoms with Crippen molar-refractivity contribution >= 4 is 17.3 Å². The van der Waals surface area contributed by atoms with Crippen molar-refractivity contribution in [2.75, 3.05) is 36.8 Å². The molecule has 0 aliphatic carbocycles. The summed E-state index contributed by atoms with van der Waals surface area (Å²) in [6, 6.07) is 5.67. The molecule has 0 fully saturated rings. The predicted octanol–water partition coefficient (Wildman–Crippen LogP) is 2.89. The molecule has 2 rings (SSSR count). The van der Waals surface area contributed by atoms with Crippen LogP contribution in [0.15, 0.2) is 18.2 Å².